The maximum absolute atomic E-state index is 12.8. The van der Waals surface area contributed by atoms with Gasteiger partial charge in [0.2, 0.25) is 0 Å². The lowest BCUT2D eigenvalue weighted by molar-refractivity contribution is -0.148. The van der Waals surface area contributed by atoms with Gasteiger partial charge in [-0.15, -0.1) is 0 Å². The Morgan fingerprint density at radius 1 is 1.18 bits per heavy atom. The number of ether oxygens (including phenoxy) is 4. The van der Waals surface area contributed by atoms with Crippen molar-refractivity contribution >= 4 is 11.7 Å². The molecule has 1 aliphatic carbocycles. The maximum atomic E-state index is 12.8. The van der Waals surface area contributed by atoms with Gasteiger partial charge in [0.15, 0.2) is 11.5 Å². The zero-order valence-corrected chi connectivity index (χ0v) is 18.8. The van der Waals surface area contributed by atoms with Gasteiger partial charge in [0, 0.05) is 24.0 Å². The van der Waals surface area contributed by atoms with Crippen molar-refractivity contribution in [3.63, 3.8) is 0 Å². The molecule has 0 bridgehead atoms. The average Bonchev–Trinajstić information content (AvgIpc) is 2.78. The first-order valence-corrected chi connectivity index (χ1v) is 11.0. The van der Waals surface area contributed by atoms with Crippen LogP contribution in [0.2, 0.25) is 0 Å². The molecule has 4 rings (SSSR count). The molecule has 0 saturated heterocycles. The third-order valence-electron chi connectivity index (χ3n) is 6.02. The maximum Gasteiger partial charge on any atom is 0.387 e. The Morgan fingerprint density at radius 2 is 2.00 bits per heavy atom. The van der Waals surface area contributed by atoms with Crippen molar-refractivity contribution in [2.45, 2.75) is 57.8 Å². The first-order chi connectivity index (χ1) is 15.9. The monoisotopic (exact) mass is 459 g/mol. The van der Waals surface area contributed by atoms with Crippen molar-refractivity contribution in [2.24, 2.45) is 4.99 Å². The molecule has 0 N–H and O–H groups in total. The molecule has 1 aliphatic heterocycles. The van der Waals surface area contributed by atoms with Crippen LogP contribution in [0, 0.1) is 0 Å². The second-order valence-electron chi connectivity index (χ2n) is 8.13. The number of methoxy groups -OCH3 is 1. The van der Waals surface area contributed by atoms with Crippen molar-refractivity contribution in [3.8, 4) is 17.2 Å². The van der Waals surface area contributed by atoms with E-state index in [0.717, 1.165) is 24.0 Å². The lowest BCUT2D eigenvalue weighted by atomic mass is 9.74. The summed E-state index contributed by atoms with van der Waals surface area (Å²) < 4.78 is 47.1. The van der Waals surface area contributed by atoms with Crippen LogP contribution in [0.25, 0.3) is 0 Å². The molecule has 8 heteroatoms. The number of alkyl halides is 2. The first kappa shape index (κ1) is 23.0. The van der Waals surface area contributed by atoms with Crippen molar-refractivity contribution in [3.05, 3.63) is 53.1 Å². The first-order valence-electron chi connectivity index (χ1n) is 11.0. The lowest BCUT2D eigenvalue weighted by Crippen LogP contribution is -2.36. The fourth-order valence-electron chi connectivity index (χ4n) is 4.75. The molecule has 1 saturated carbocycles. The van der Waals surface area contributed by atoms with Gasteiger partial charge in [-0.2, -0.15) is 8.78 Å². The summed E-state index contributed by atoms with van der Waals surface area (Å²) in [7, 11) is 1.57. The Morgan fingerprint density at radius 3 is 2.70 bits per heavy atom. The van der Waals surface area contributed by atoms with E-state index in [1.807, 2.05) is 25.1 Å². The Labute approximate surface area is 191 Å². The van der Waals surface area contributed by atoms with E-state index in [4.69, 9.17) is 19.2 Å². The fraction of sp³-hybridized carbons (Fsp3) is 0.440. The van der Waals surface area contributed by atoms with Gasteiger partial charge < -0.3 is 18.9 Å². The van der Waals surface area contributed by atoms with Gasteiger partial charge in [-0.25, -0.2) is 0 Å². The number of aliphatic imine (C=N–C) groups is 1. The van der Waals surface area contributed by atoms with Gasteiger partial charge in [0.05, 0.1) is 25.5 Å². The highest BCUT2D eigenvalue weighted by atomic mass is 19.3. The number of rotatable bonds is 7. The topological polar surface area (TPSA) is 66.3 Å². The van der Waals surface area contributed by atoms with Gasteiger partial charge in [0.1, 0.15) is 11.9 Å². The van der Waals surface area contributed by atoms with E-state index in [-0.39, 0.29) is 29.8 Å². The van der Waals surface area contributed by atoms with Gasteiger partial charge in [0.25, 0.3) is 0 Å². The molecule has 176 valence electrons. The van der Waals surface area contributed by atoms with E-state index in [0.29, 0.717) is 35.8 Å². The van der Waals surface area contributed by atoms with E-state index in [1.54, 1.807) is 19.2 Å². The molecule has 3 unspecified atom stereocenters. The summed E-state index contributed by atoms with van der Waals surface area (Å²) >= 11 is 0. The van der Waals surface area contributed by atoms with Crippen LogP contribution in [0.5, 0.6) is 17.2 Å². The third-order valence-corrected chi connectivity index (χ3v) is 6.02. The number of halogens is 2. The van der Waals surface area contributed by atoms with E-state index in [1.165, 1.54) is 13.0 Å². The molecule has 2 aromatic rings. The highest BCUT2D eigenvalue weighted by molar-refractivity contribution is 6.15. The van der Waals surface area contributed by atoms with Crippen LogP contribution in [0.3, 0.4) is 0 Å². The number of nitrogens with zero attached hydrogens (tertiary/aromatic N) is 1. The normalized spacial score (nSPS) is 21.5. The van der Waals surface area contributed by atoms with E-state index >= 15 is 0 Å². The molecule has 2 aliphatic rings. The Kier molecular flexibility index (Phi) is 6.81. The molecule has 0 amide bonds. The van der Waals surface area contributed by atoms with Crippen LogP contribution in [0.4, 0.5) is 8.78 Å². The summed E-state index contributed by atoms with van der Waals surface area (Å²) in [5.41, 5.74) is 3.24. The molecule has 1 heterocycles. The van der Waals surface area contributed by atoms with Gasteiger partial charge >= 0.3 is 12.6 Å². The van der Waals surface area contributed by atoms with E-state index in [2.05, 4.69) is 4.74 Å². The molecule has 0 aromatic heterocycles. The van der Waals surface area contributed by atoms with Crippen LogP contribution >= 0.6 is 0 Å². The Balaban J connectivity index is 1.80. The van der Waals surface area contributed by atoms with Crippen LogP contribution < -0.4 is 14.2 Å². The molecular weight excluding hydrogens is 432 g/mol. The Hall–Kier alpha value is -3.16. The average molecular weight is 459 g/mol. The minimum absolute atomic E-state index is 0.0261. The quantitative estimate of drug-likeness (QED) is 0.538. The number of fused-ring (bicyclic) bond motifs is 3. The van der Waals surface area contributed by atoms with E-state index in [9.17, 15) is 13.6 Å². The zero-order valence-electron chi connectivity index (χ0n) is 18.8. The predicted octanol–water partition coefficient (Wildman–Crippen LogP) is 5.11. The molecule has 0 radical (unpaired) electrons. The van der Waals surface area contributed by atoms with Crippen molar-refractivity contribution in [1.82, 2.24) is 0 Å². The summed E-state index contributed by atoms with van der Waals surface area (Å²) in [6.07, 6.45) is 1.94. The van der Waals surface area contributed by atoms with Crippen LogP contribution in [0.1, 0.15) is 55.7 Å². The van der Waals surface area contributed by atoms with Crippen LogP contribution in [0.15, 0.2) is 41.4 Å². The van der Waals surface area contributed by atoms with Crippen molar-refractivity contribution in [1.29, 1.82) is 0 Å². The number of carbonyl (C=O) groups excluding carboxylic acids is 1. The number of hydrogen-bond acceptors (Lipinski definition) is 6. The van der Waals surface area contributed by atoms with Crippen molar-refractivity contribution < 1.29 is 32.5 Å². The molecule has 3 atom stereocenters. The number of benzene rings is 2. The predicted molar refractivity (Wildman–Crippen MR) is 119 cm³/mol. The standard InChI is InChI=1S/C25H27F2NO5/c1-4-31-23-12-18-19-11-17(32-14(2)29)8-9-21(19)28-24(20(18)13-22(23)30-3)15-6-5-7-16(10-15)33-25(26)27/h5-7,10,12-13,17,19,21,25H,4,8-9,11H2,1-3H3. The summed E-state index contributed by atoms with van der Waals surface area (Å²) in [5, 5.41) is 0. The smallest absolute Gasteiger partial charge is 0.387 e. The summed E-state index contributed by atoms with van der Waals surface area (Å²) in [4.78, 5) is 16.6. The summed E-state index contributed by atoms with van der Waals surface area (Å²) in [6, 6.07) is 10.4. The van der Waals surface area contributed by atoms with Crippen molar-refractivity contribution in [2.75, 3.05) is 13.7 Å². The largest absolute Gasteiger partial charge is 0.493 e. The number of hydrogen-bond donors (Lipinski definition) is 0. The molecule has 1 fully saturated rings. The zero-order chi connectivity index (χ0) is 23.5. The molecule has 33 heavy (non-hydrogen) atoms. The lowest BCUT2D eigenvalue weighted by Gasteiger charge is -2.38. The number of carbonyl (C=O) groups is 1. The minimum atomic E-state index is -2.91. The molecular formula is C25H27F2NO5. The van der Waals surface area contributed by atoms with Gasteiger partial charge in [-0.3, -0.25) is 9.79 Å². The fourth-order valence-corrected chi connectivity index (χ4v) is 4.75. The summed E-state index contributed by atoms with van der Waals surface area (Å²) in [5.74, 6) is 1.01. The summed E-state index contributed by atoms with van der Waals surface area (Å²) in [6.45, 7) is 0.896. The SMILES string of the molecule is CCOc1cc2c(cc1OC)C(c1cccc(OC(F)F)c1)=NC1CCC(OC(C)=O)CC21. The highest BCUT2D eigenvalue weighted by Crippen LogP contribution is 2.45. The Bertz CT molecular complexity index is 1060. The second kappa shape index (κ2) is 9.77. The highest BCUT2D eigenvalue weighted by Gasteiger charge is 2.38. The third kappa shape index (κ3) is 4.94. The molecule has 0 spiro atoms. The van der Waals surface area contributed by atoms with Gasteiger partial charge in [-0.05, 0) is 56.0 Å². The van der Waals surface area contributed by atoms with Gasteiger partial charge in [-0.1, -0.05) is 12.1 Å². The molecule has 6 nitrogen and oxygen atoms in total. The van der Waals surface area contributed by atoms with E-state index < -0.39 is 6.61 Å². The van der Waals surface area contributed by atoms with Crippen LogP contribution in [-0.4, -0.2) is 44.2 Å². The number of esters is 1. The van der Waals surface area contributed by atoms with Crippen LogP contribution in [-0.2, 0) is 9.53 Å². The second-order valence-corrected chi connectivity index (χ2v) is 8.13. The minimum Gasteiger partial charge on any atom is -0.493 e. The molecule has 2 aromatic carbocycles.